The van der Waals surface area contributed by atoms with Gasteiger partial charge in [-0.2, -0.15) is 10.2 Å². The minimum atomic E-state index is -0.898. The van der Waals surface area contributed by atoms with Crippen LogP contribution in [-0.2, 0) is 17.8 Å². The zero-order chi connectivity index (χ0) is 23.8. The number of carboxylic acids is 1. The van der Waals surface area contributed by atoms with Gasteiger partial charge >= 0.3 is 5.97 Å². The highest BCUT2D eigenvalue weighted by molar-refractivity contribution is 5.94. The van der Waals surface area contributed by atoms with Gasteiger partial charge in [0, 0.05) is 22.4 Å². The van der Waals surface area contributed by atoms with Gasteiger partial charge in [-0.05, 0) is 55.3 Å². The molecule has 0 aliphatic carbocycles. The number of ether oxygens (including phenoxy) is 1. The van der Waals surface area contributed by atoms with Gasteiger partial charge in [-0.1, -0.05) is 30.3 Å². The summed E-state index contributed by atoms with van der Waals surface area (Å²) in [6, 6.07) is 19.7. The number of carbonyl (C=O) groups is 1. The fourth-order valence-electron chi connectivity index (χ4n) is 4.20. The molecule has 0 saturated heterocycles. The molecule has 0 unspecified atom stereocenters. The maximum absolute atomic E-state index is 11.2. The first-order valence-electron chi connectivity index (χ1n) is 11.1. The van der Waals surface area contributed by atoms with Crippen LogP contribution < -0.4 is 10.5 Å². The Labute approximate surface area is 196 Å². The van der Waals surface area contributed by atoms with Crippen molar-refractivity contribution in [1.29, 1.82) is 0 Å². The molecule has 0 radical (unpaired) electrons. The van der Waals surface area contributed by atoms with Gasteiger partial charge in [0.1, 0.15) is 18.1 Å². The summed E-state index contributed by atoms with van der Waals surface area (Å²) in [6.45, 7) is 4.40. The maximum atomic E-state index is 11.2. The number of aromatic nitrogens is 4. The number of rotatable bonds is 7. The molecule has 0 amide bonds. The van der Waals surface area contributed by atoms with Crippen molar-refractivity contribution in [1.82, 2.24) is 20.0 Å². The van der Waals surface area contributed by atoms with Crippen LogP contribution in [0.15, 0.2) is 60.7 Å². The number of hydrogen-bond donors (Lipinski definition) is 3. The van der Waals surface area contributed by atoms with E-state index < -0.39 is 5.97 Å². The third-order valence-electron chi connectivity index (χ3n) is 5.88. The summed E-state index contributed by atoms with van der Waals surface area (Å²) in [5.41, 5.74) is 11.4. The predicted octanol–water partition coefficient (Wildman–Crippen LogP) is 4.95. The molecule has 0 saturated carbocycles. The quantitative estimate of drug-likeness (QED) is 0.319. The van der Waals surface area contributed by atoms with Crippen molar-refractivity contribution < 1.29 is 14.6 Å². The number of nitrogen functional groups attached to an aromatic ring is 1. The number of aliphatic carboxylic acids is 1. The van der Waals surface area contributed by atoms with E-state index in [-0.39, 0.29) is 19.1 Å². The van der Waals surface area contributed by atoms with Crippen LogP contribution >= 0.6 is 0 Å². The van der Waals surface area contributed by atoms with Crippen LogP contribution in [0.5, 0.6) is 5.75 Å². The van der Waals surface area contributed by atoms with Gasteiger partial charge in [0.05, 0.1) is 17.5 Å². The molecule has 3 aromatic carbocycles. The van der Waals surface area contributed by atoms with Gasteiger partial charge in [0.25, 0.3) is 0 Å². The molecule has 0 spiro atoms. The standard InChI is InChI=1S/C26H25N5O3/c1-15(2)31-23-10-8-17(16-7-9-21-20(12-16)26(27)29-28-21)11-19(23)22(30-31)14-34-24-6-4-3-5-18(24)13-25(32)33/h3-12,15H,13-14H2,1-2H3,(H,32,33)(H3,27,28,29). The molecule has 4 N–H and O–H groups in total. The minimum absolute atomic E-state index is 0.0961. The number of nitrogens with zero attached hydrogens (tertiary/aromatic N) is 3. The first-order chi connectivity index (χ1) is 16.4. The molecule has 172 valence electrons. The van der Waals surface area contributed by atoms with Gasteiger partial charge in [0.15, 0.2) is 5.82 Å². The molecule has 5 rings (SSSR count). The van der Waals surface area contributed by atoms with Crippen molar-refractivity contribution in [2.45, 2.75) is 32.9 Å². The molecule has 0 aliphatic heterocycles. The Kier molecular flexibility index (Phi) is 5.41. The molecule has 0 bridgehead atoms. The lowest BCUT2D eigenvalue weighted by Gasteiger charge is -2.09. The van der Waals surface area contributed by atoms with E-state index in [1.54, 1.807) is 12.1 Å². The minimum Gasteiger partial charge on any atom is -0.487 e. The number of anilines is 1. The predicted molar refractivity (Wildman–Crippen MR) is 132 cm³/mol. The summed E-state index contributed by atoms with van der Waals surface area (Å²) in [7, 11) is 0. The number of benzene rings is 3. The fourth-order valence-corrected chi connectivity index (χ4v) is 4.20. The fraction of sp³-hybridized carbons (Fsp3) is 0.192. The van der Waals surface area contributed by atoms with E-state index in [0.717, 1.165) is 38.6 Å². The Morgan fingerprint density at radius 3 is 2.59 bits per heavy atom. The summed E-state index contributed by atoms with van der Waals surface area (Å²) in [4.78, 5) is 11.2. The van der Waals surface area contributed by atoms with E-state index in [2.05, 4.69) is 42.2 Å². The van der Waals surface area contributed by atoms with Crippen LogP contribution in [0, 0.1) is 0 Å². The van der Waals surface area contributed by atoms with Gasteiger partial charge in [0.2, 0.25) is 0 Å². The SMILES string of the molecule is CC(C)n1nc(COc2ccccc2CC(=O)O)c2cc(-c3ccc4[nH]nc(N)c4c3)ccc21. The number of H-pyrrole nitrogens is 1. The highest BCUT2D eigenvalue weighted by Gasteiger charge is 2.16. The first-order valence-corrected chi connectivity index (χ1v) is 11.1. The van der Waals surface area contributed by atoms with E-state index in [1.165, 1.54) is 0 Å². The van der Waals surface area contributed by atoms with E-state index in [9.17, 15) is 9.90 Å². The van der Waals surface area contributed by atoms with Crippen LogP contribution in [0.3, 0.4) is 0 Å². The van der Waals surface area contributed by atoms with Gasteiger partial charge in [-0.3, -0.25) is 14.6 Å². The zero-order valence-electron chi connectivity index (χ0n) is 18.9. The summed E-state index contributed by atoms with van der Waals surface area (Å²) < 4.78 is 8.05. The van der Waals surface area contributed by atoms with E-state index in [0.29, 0.717) is 17.1 Å². The Balaban J connectivity index is 1.54. The number of carboxylic acid groups (broad SMARTS) is 1. The number of fused-ring (bicyclic) bond motifs is 2. The number of aromatic amines is 1. The van der Waals surface area contributed by atoms with Crippen LogP contribution in [0.1, 0.15) is 31.1 Å². The second-order valence-electron chi connectivity index (χ2n) is 8.55. The topological polar surface area (TPSA) is 119 Å². The normalized spacial score (nSPS) is 11.5. The van der Waals surface area contributed by atoms with Crippen molar-refractivity contribution in [2.75, 3.05) is 5.73 Å². The number of hydrogen-bond acceptors (Lipinski definition) is 5. The molecule has 2 aromatic heterocycles. The lowest BCUT2D eigenvalue weighted by atomic mass is 10.0. The molecule has 0 atom stereocenters. The molecule has 0 aliphatic rings. The van der Waals surface area contributed by atoms with Crippen LogP contribution in [0.4, 0.5) is 5.82 Å². The van der Waals surface area contributed by atoms with E-state index >= 15 is 0 Å². The lowest BCUT2D eigenvalue weighted by Crippen LogP contribution is -2.06. The second kappa shape index (κ2) is 8.55. The zero-order valence-corrected chi connectivity index (χ0v) is 18.9. The monoisotopic (exact) mass is 455 g/mol. The third kappa shape index (κ3) is 3.94. The Hall–Kier alpha value is -4.33. The van der Waals surface area contributed by atoms with E-state index in [4.69, 9.17) is 15.6 Å². The Morgan fingerprint density at radius 1 is 1.09 bits per heavy atom. The van der Waals surface area contributed by atoms with Crippen molar-refractivity contribution in [3.63, 3.8) is 0 Å². The first kappa shape index (κ1) is 21.5. The van der Waals surface area contributed by atoms with Gasteiger partial charge < -0.3 is 15.6 Å². The lowest BCUT2D eigenvalue weighted by molar-refractivity contribution is -0.136. The van der Waals surface area contributed by atoms with E-state index in [1.807, 2.05) is 35.0 Å². The summed E-state index contributed by atoms with van der Waals surface area (Å²) in [5, 5.41) is 22.9. The van der Waals surface area contributed by atoms with Crippen molar-refractivity contribution in [3.05, 3.63) is 71.9 Å². The van der Waals surface area contributed by atoms with Crippen molar-refractivity contribution in [3.8, 4) is 16.9 Å². The van der Waals surface area contributed by atoms with Crippen LogP contribution in [0.25, 0.3) is 32.9 Å². The highest BCUT2D eigenvalue weighted by atomic mass is 16.5. The van der Waals surface area contributed by atoms with Crippen LogP contribution in [0.2, 0.25) is 0 Å². The Bertz CT molecular complexity index is 1520. The molecule has 8 nitrogen and oxygen atoms in total. The largest absolute Gasteiger partial charge is 0.487 e. The maximum Gasteiger partial charge on any atom is 0.307 e. The smallest absolute Gasteiger partial charge is 0.307 e. The molecule has 34 heavy (non-hydrogen) atoms. The summed E-state index contributed by atoms with van der Waals surface area (Å²) in [6.07, 6.45) is -0.0961. The van der Waals surface area contributed by atoms with Crippen molar-refractivity contribution in [2.24, 2.45) is 0 Å². The average molecular weight is 456 g/mol. The van der Waals surface area contributed by atoms with Crippen LogP contribution in [-0.4, -0.2) is 31.1 Å². The van der Waals surface area contributed by atoms with Gasteiger partial charge in [-0.25, -0.2) is 0 Å². The third-order valence-corrected chi connectivity index (χ3v) is 5.88. The summed E-state index contributed by atoms with van der Waals surface area (Å²) >= 11 is 0. The van der Waals surface area contributed by atoms with Gasteiger partial charge in [-0.15, -0.1) is 0 Å². The van der Waals surface area contributed by atoms with Crippen molar-refractivity contribution >= 4 is 33.6 Å². The molecule has 8 heteroatoms. The molecule has 5 aromatic rings. The number of nitrogens with two attached hydrogens (primary N) is 1. The summed E-state index contributed by atoms with van der Waals surface area (Å²) in [5.74, 6) is 0.124. The Morgan fingerprint density at radius 2 is 1.82 bits per heavy atom. The number of para-hydroxylation sites is 1. The average Bonchev–Trinajstić information content (AvgIpc) is 3.38. The second-order valence-corrected chi connectivity index (χ2v) is 8.55. The highest BCUT2D eigenvalue weighted by Crippen LogP contribution is 2.31. The molecular formula is C26H25N5O3. The molecular weight excluding hydrogens is 430 g/mol. The number of nitrogens with one attached hydrogen (secondary N) is 1. The molecule has 2 heterocycles. The molecule has 0 fully saturated rings.